The Morgan fingerprint density at radius 2 is 1.48 bits per heavy atom. The highest BCUT2D eigenvalue weighted by atomic mass is 32.2. The van der Waals surface area contributed by atoms with Crippen molar-refractivity contribution in [2.24, 2.45) is 0 Å². The van der Waals surface area contributed by atoms with Gasteiger partial charge in [-0.2, -0.15) is 26.3 Å². The van der Waals surface area contributed by atoms with Crippen molar-refractivity contribution in [3.8, 4) is 0 Å². The van der Waals surface area contributed by atoms with E-state index in [1.165, 1.54) is 6.07 Å². The van der Waals surface area contributed by atoms with Crippen LogP contribution in [-0.2, 0) is 16.0 Å². The van der Waals surface area contributed by atoms with Gasteiger partial charge in [0, 0.05) is 5.56 Å². The van der Waals surface area contributed by atoms with Gasteiger partial charge in [-0.3, -0.25) is 15.6 Å². The summed E-state index contributed by atoms with van der Waals surface area (Å²) in [4.78, 5) is 10.8. The van der Waals surface area contributed by atoms with Crippen LogP contribution < -0.4 is 10.9 Å². The lowest BCUT2D eigenvalue weighted by molar-refractivity contribution is -0.137. The van der Waals surface area contributed by atoms with Gasteiger partial charge in [0.25, 0.3) is 15.7 Å². The van der Waals surface area contributed by atoms with Gasteiger partial charge in [-0.15, -0.1) is 0 Å². The van der Waals surface area contributed by atoms with E-state index in [4.69, 9.17) is 0 Å². The first kappa shape index (κ1) is 20.6. The molecule has 146 valence electrons. The van der Waals surface area contributed by atoms with E-state index >= 15 is 0 Å². The smallest absolute Gasteiger partial charge is 0.298 e. The predicted octanol–water partition coefficient (Wildman–Crippen LogP) is 3.76. The number of hydrazine groups is 1. The highest BCUT2D eigenvalue weighted by molar-refractivity contribution is 7.92. The van der Waals surface area contributed by atoms with E-state index in [0.29, 0.717) is 12.1 Å². The van der Waals surface area contributed by atoms with Crippen molar-refractivity contribution in [3.63, 3.8) is 0 Å². The molecule has 0 radical (unpaired) electrons. The fourth-order valence-electron chi connectivity index (χ4n) is 1.89. The molecule has 0 atom stereocenters. The van der Waals surface area contributed by atoms with Crippen molar-refractivity contribution >= 4 is 21.4 Å². The number of benzene rings is 2. The predicted molar refractivity (Wildman–Crippen MR) is 82.2 cm³/mol. The van der Waals surface area contributed by atoms with Crippen molar-refractivity contribution in [2.75, 3.05) is 5.43 Å². The number of amides is 1. The lowest BCUT2D eigenvalue weighted by Gasteiger charge is -2.12. The molecular weight excluding hydrogens is 402 g/mol. The quantitative estimate of drug-likeness (QED) is 0.593. The van der Waals surface area contributed by atoms with E-state index in [2.05, 4.69) is 10.9 Å². The van der Waals surface area contributed by atoms with Crippen LogP contribution in [0.1, 0.15) is 15.9 Å². The third kappa shape index (κ3) is 4.70. The summed E-state index contributed by atoms with van der Waals surface area (Å²) in [7, 11) is -5.55. The van der Waals surface area contributed by atoms with E-state index in [1.807, 2.05) is 0 Å². The molecule has 2 N–H and O–H groups in total. The Morgan fingerprint density at radius 1 is 0.889 bits per heavy atom. The second-order valence-corrected chi connectivity index (χ2v) is 7.07. The van der Waals surface area contributed by atoms with E-state index in [9.17, 15) is 39.6 Å². The standard InChI is InChI=1S/C15H10F6N2O3S/c16-14(17,18)10-2-1-3-11(8-10)22-23-13(24)9-4-6-12(7-5-9)27(25,26)15(19,20)21/h1-8,22H,(H,23,24). The summed E-state index contributed by atoms with van der Waals surface area (Å²) in [5, 5.41) is 0. The summed E-state index contributed by atoms with van der Waals surface area (Å²) in [6, 6.07) is 6.78. The number of hydrogen-bond acceptors (Lipinski definition) is 4. The zero-order valence-corrected chi connectivity index (χ0v) is 13.8. The molecule has 2 rings (SSSR count). The number of hydrogen-bond donors (Lipinski definition) is 2. The molecule has 0 fully saturated rings. The normalized spacial score (nSPS) is 12.5. The molecule has 2 aromatic rings. The Hall–Kier alpha value is -2.76. The molecule has 0 aromatic heterocycles. The first-order valence-corrected chi connectivity index (χ1v) is 8.46. The Bertz CT molecular complexity index is 937. The SMILES string of the molecule is O=C(NNc1cccc(C(F)(F)F)c1)c1ccc(S(=O)(=O)C(F)(F)F)cc1. The Balaban J connectivity index is 2.10. The minimum absolute atomic E-state index is 0.0885. The van der Waals surface area contributed by atoms with Crippen LogP contribution in [0.3, 0.4) is 0 Å². The molecule has 0 spiro atoms. The summed E-state index contributed by atoms with van der Waals surface area (Å²) in [6.45, 7) is 0. The highest BCUT2D eigenvalue weighted by Gasteiger charge is 2.46. The molecule has 0 unspecified atom stereocenters. The summed E-state index contributed by atoms with van der Waals surface area (Å²) in [5.74, 6) is -0.900. The lowest BCUT2D eigenvalue weighted by atomic mass is 10.2. The van der Waals surface area contributed by atoms with Crippen LogP contribution in [0.2, 0.25) is 0 Å². The Morgan fingerprint density at radius 3 is 2.00 bits per heavy atom. The van der Waals surface area contributed by atoms with Gasteiger partial charge in [0.15, 0.2) is 0 Å². The maximum absolute atomic E-state index is 12.6. The maximum atomic E-state index is 12.6. The number of nitrogens with one attached hydrogen (secondary N) is 2. The molecule has 0 heterocycles. The summed E-state index contributed by atoms with van der Waals surface area (Å²) >= 11 is 0. The summed E-state index contributed by atoms with van der Waals surface area (Å²) < 4.78 is 97.6. The minimum Gasteiger partial charge on any atom is -0.298 e. The van der Waals surface area contributed by atoms with E-state index in [-0.39, 0.29) is 11.3 Å². The number of carbonyl (C=O) groups excluding carboxylic acids is 1. The van der Waals surface area contributed by atoms with Crippen molar-refractivity contribution in [2.45, 2.75) is 16.6 Å². The zero-order chi connectivity index (χ0) is 20.5. The molecule has 0 aliphatic carbocycles. The highest BCUT2D eigenvalue weighted by Crippen LogP contribution is 2.31. The molecule has 1 amide bonds. The zero-order valence-electron chi connectivity index (χ0n) is 13.0. The van der Waals surface area contributed by atoms with Gasteiger partial charge in [-0.25, -0.2) is 8.42 Å². The molecule has 2 aromatic carbocycles. The molecule has 0 aliphatic heterocycles. The van der Waals surface area contributed by atoms with Crippen LogP contribution in [0.25, 0.3) is 0 Å². The number of anilines is 1. The van der Waals surface area contributed by atoms with Crippen molar-refractivity contribution in [3.05, 3.63) is 59.7 Å². The molecule has 0 saturated heterocycles. The average Bonchev–Trinajstić information content (AvgIpc) is 2.58. The number of halogens is 6. The lowest BCUT2D eigenvalue weighted by Crippen LogP contribution is -2.29. The summed E-state index contributed by atoms with van der Waals surface area (Å²) in [6.07, 6.45) is -4.58. The molecule has 12 heteroatoms. The van der Waals surface area contributed by atoms with E-state index in [0.717, 1.165) is 30.3 Å². The number of rotatable bonds is 4. The first-order valence-electron chi connectivity index (χ1n) is 6.97. The van der Waals surface area contributed by atoms with Crippen LogP contribution in [-0.4, -0.2) is 19.8 Å². The van der Waals surface area contributed by atoms with Gasteiger partial charge in [-0.1, -0.05) is 6.07 Å². The monoisotopic (exact) mass is 412 g/mol. The van der Waals surface area contributed by atoms with Crippen LogP contribution >= 0.6 is 0 Å². The van der Waals surface area contributed by atoms with Crippen molar-refractivity contribution in [1.82, 2.24) is 5.43 Å². The summed E-state index contributed by atoms with van der Waals surface area (Å²) in [5.41, 5.74) is -2.46. The second-order valence-electron chi connectivity index (χ2n) is 5.13. The van der Waals surface area contributed by atoms with Crippen LogP contribution in [0.15, 0.2) is 53.4 Å². The first-order chi connectivity index (χ1) is 12.3. The third-order valence-corrected chi connectivity index (χ3v) is 4.74. The topological polar surface area (TPSA) is 75.3 Å². The molecule has 0 bridgehead atoms. The number of sulfone groups is 1. The molecule has 5 nitrogen and oxygen atoms in total. The molecule has 0 aliphatic rings. The third-order valence-electron chi connectivity index (χ3n) is 3.24. The van der Waals surface area contributed by atoms with E-state index in [1.54, 1.807) is 0 Å². The molecule has 0 saturated carbocycles. The fourth-order valence-corrected chi connectivity index (χ4v) is 2.66. The minimum atomic E-state index is -5.55. The molecule has 27 heavy (non-hydrogen) atoms. The molecular formula is C15H10F6N2O3S. The van der Waals surface area contributed by atoms with Crippen molar-refractivity contribution < 1.29 is 39.6 Å². The second kappa shape index (κ2) is 7.10. The van der Waals surface area contributed by atoms with Crippen LogP contribution in [0.5, 0.6) is 0 Å². The Labute approximate surface area is 148 Å². The van der Waals surface area contributed by atoms with Crippen molar-refractivity contribution in [1.29, 1.82) is 0 Å². The van der Waals surface area contributed by atoms with Gasteiger partial charge in [0.2, 0.25) is 0 Å². The van der Waals surface area contributed by atoms with Gasteiger partial charge in [0.05, 0.1) is 16.1 Å². The number of carbonyl (C=O) groups is 1. The van der Waals surface area contributed by atoms with Crippen LogP contribution in [0, 0.1) is 0 Å². The average molecular weight is 412 g/mol. The van der Waals surface area contributed by atoms with Gasteiger partial charge >= 0.3 is 11.7 Å². The van der Waals surface area contributed by atoms with Gasteiger partial charge < -0.3 is 0 Å². The maximum Gasteiger partial charge on any atom is 0.501 e. The largest absolute Gasteiger partial charge is 0.501 e. The fraction of sp³-hybridized carbons (Fsp3) is 0.133. The van der Waals surface area contributed by atoms with E-state index < -0.39 is 37.9 Å². The number of alkyl halides is 6. The van der Waals surface area contributed by atoms with Crippen LogP contribution in [0.4, 0.5) is 32.0 Å². The van der Waals surface area contributed by atoms with Gasteiger partial charge in [0.1, 0.15) is 0 Å². The van der Waals surface area contributed by atoms with Gasteiger partial charge in [-0.05, 0) is 42.5 Å². The Kier molecular flexibility index (Phi) is 5.40.